The zero-order chi connectivity index (χ0) is 30.3. The lowest BCUT2D eigenvalue weighted by atomic mass is 9.99. The smallest absolute Gasteiger partial charge is 0.245 e. The Bertz CT molecular complexity index is 1560. The van der Waals surface area contributed by atoms with E-state index in [-0.39, 0.29) is 11.8 Å². The van der Waals surface area contributed by atoms with E-state index in [1.807, 2.05) is 65.7 Å². The minimum absolute atomic E-state index is 0.00218. The van der Waals surface area contributed by atoms with Gasteiger partial charge < -0.3 is 30.0 Å². The van der Waals surface area contributed by atoms with Crippen LogP contribution in [-0.4, -0.2) is 59.7 Å². The average molecular weight is 595 g/mol. The second kappa shape index (κ2) is 14.0. The molecule has 3 N–H and O–H groups in total. The lowest BCUT2D eigenvalue weighted by molar-refractivity contribution is -0.137. The summed E-state index contributed by atoms with van der Waals surface area (Å²) in [5, 5.41) is 7.97. The molecule has 1 fully saturated rings. The van der Waals surface area contributed by atoms with Gasteiger partial charge in [-0.2, -0.15) is 0 Å². The summed E-state index contributed by atoms with van der Waals surface area (Å²) >= 11 is 0. The molecule has 2 aliphatic heterocycles. The van der Waals surface area contributed by atoms with Crippen molar-refractivity contribution in [3.05, 3.63) is 95.7 Å². The van der Waals surface area contributed by atoms with E-state index in [0.717, 1.165) is 59.2 Å². The van der Waals surface area contributed by atoms with Crippen LogP contribution in [0.2, 0.25) is 0 Å². The van der Waals surface area contributed by atoms with Crippen molar-refractivity contribution < 1.29 is 19.1 Å². The molecule has 0 spiro atoms. The Kier molecular flexibility index (Phi) is 9.46. The quantitative estimate of drug-likeness (QED) is 0.211. The van der Waals surface area contributed by atoms with Crippen molar-refractivity contribution in [2.45, 2.75) is 70.0 Å². The van der Waals surface area contributed by atoms with E-state index in [9.17, 15) is 9.59 Å². The van der Waals surface area contributed by atoms with Crippen molar-refractivity contribution in [2.75, 3.05) is 19.9 Å². The number of piperidine rings is 1. The van der Waals surface area contributed by atoms with Crippen LogP contribution in [0.1, 0.15) is 49.3 Å². The van der Waals surface area contributed by atoms with E-state index in [2.05, 4.69) is 40.7 Å². The van der Waals surface area contributed by atoms with Gasteiger partial charge in [0, 0.05) is 55.1 Å². The number of carbonyl (C=O) groups is 2. The number of para-hydroxylation sites is 1. The second-order valence-electron chi connectivity index (χ2n) is 12.1. The average Bonchev–Trinajstić information content (AvgIpc) is 3.70. The second-order valence-corrected chi connectivity index (χ2v) is 12.1. The van der Waals surface area contributed by atoms with Gasteiger partial charge in [-0.1, -0.05) is 54.6 Å². The predicted octanol–water partition coefficient (Wildman–Crippen LogP) is 5.16. The van der Waals surface area contributed by atoms with E-state index < -0.39 is 6.04 Å². The molecule has 44 heavy (non-hydrogen) atoms. The number of carbonyl (C=O) groups excluding carboxylic acids is 2. The van der Waals surface area contributed by atoms with Crippen LogP contribution in [0.25, 0.3) is 10.9 Å². The van der Waals surface area contributed by atoms with Crippen LogP contribution in [0.3, 0.4) is 0 Å². The van der Waals surface area contributed by atoms with Gasteiger partial charge in [-0.15, -0.1) is 0 Å². The number of ether oxygens (including phenoxy) is 2. The fourth-order valence-corrected chi connectivity index (χ4v) is 6.34. The molecular weight excluding hydrogens is 552 g/mol. The van der Waals surface area contributed by atoms with Gasteiger partial charge in [0.25, 0.3) is 0 Å². The van der Waals surface area contributed by atoms with Crippen LogP contribution in [0.15, 0.2) is 79.0 Å². The van der Waals surface area contributed by atoms with Gasteiger partial charge in [-0.25, -0.2) is 0 Å². The summed E-state index contributed by atoms with van der Waals surface area (Å²) in [5.74, 6) is 1.55. The van der Waals surface area contributed by atoms with Crippen LogP contribution >= 0.6 is 0 Å². The molecule has 8 heteroatoms. The Hall–Kier alpha value is -4.30. The van der Waals surface area contributed by atoms with Gasteiger partial charge in [-0.3, -0.25) is 9.59 Å². The molecular formula is C36H42N4O4. The summed E-state index contributed by atoms with van der Waals surface area (Å²) in [4.78, 5) is 32.2. The van der Waals surface area contributed by atoms with E-state index in [0.29, 0.717) is 51.2 Å². The van der Waals surface area contributed by atoms with Gasteiger partial charge in [0.1, 0.15) is 6.04 Å². The largest absolute Gasteiger partial charge is 0.454 e. The normalized spacial score (nSPS) is 16.2. The van der Waals surface area contributed by atoms with Gasteiger partial charge in [0.15, 0.2) is 11.5 Å². The highest BCUT2D eigenvalue weighted by Crippen LogP contribution is 2.33. The molecule has 2 atom stereocenters. The van der Waals surface area contributed by atoms with E-state index in [1.54, 1.807) is 0 Å². The van der Waals surface area contributed by atoms with Crippen molar-refractivity contribution in [1.82, 2.24) is 20.5 Å². The monoisotopic (exact) mass is 594 g/mol. The van der Waals surface area contributed by atoms with Gasteiger partial charge in [0.05, 0.1) is 0 Å². The SMILES string of the molecule is CC(CCc1ccc2c(c1)OCO2)NC1CCN(C(=O)[C@@H](Cc2c[nH]c3ccccc23)NC(=O)CCc2ccccc2)CC1. The molecule has 0 radical (unpaired) electrons. The number of nitrogens with zero attached hydrogens (tertiary/aromatic N) is 1. The number of likely N-dealkylation sites (tertiary alicyclic amines) is 1. The molecule has 0 saturated carbocycles. The number of rotatable bonds is 12. The highest BCUT2D eigenvalue weighted by atomic mass is 16.7. The molecule has 0 bridgehead atoms. The maximum atomic E-state index is 13.9. The number of aryl methyl sites for hydroxylation is 2. The van der Waals surface area contributed by atoms with Crippen molar-refractivity contribution in [2.24, 2.45) is 0 Å². The third-order valence-corrected chi connectivity index (χ3v) is 8.85. The number of aromatic nitrogens is 1. The van der Waals surface area contributed by atoms with Crippen LogP contribution in [0, 0.1) is 0 Å². The summed E-state index contributed by atoms with van der Waals surface area (Å²) in [6, 6.07) is 24.3. The Labute approximate surface area is 259 Å². The zero-order valence-electron chi connectivity index (χ0n) is 25.4. The predicted molar refractivity (Wildman–Crippen MR) is 172 cm³/mol. The van der Waals surface area contributed by atoms with E-state index >= 15 is 0 Å². The number of fused-ring (bicyclic) bond motifs is 2. The van der Waals surface area contributed by atoms with Crippen LogP contribution in [0.5, 0.6) is 11.5 Å². The molecule has 1 saturated heterocycles. The van der Waals surface area contributed by atoms with Crippen LogP contribution in [0.4, 0.5) is 0 Å². The minimum atomic E-state index is -0.609. The molecule has 2 aliphatic rings. The maximum Gasteiger partial charge on any atom is 0.245 e. The first-order valence-electron chi connectivity index (χ1n) is 15.8. The highest BCUT2D eigenvalue weighted by molar-refractivity contribution is 5.89. The lowest BCUT2D eigenvalue weighted by Gasteiger charge is -2.36. The molecule has 8 nitrogen and oxygen atoms in total. The summed E-state index contributed by atoms with van der Waals surface area (Å²) in [5.41, 5.74) is 4.43. The Morgan fingerprint density at radius 3 is 2.55 bits per heavy atom. The molecule has 6 rings (SSSR count). The highest BCUT2D eigenvalue weighted by Gasteiger charge is 2.30. The molecule has 230 valence electrons. The molecule has 3 aromatic carbocycles. The Balaban J connectivity index is 1.03. The number of hydrogen-bond acceptors (Lipinski definition) is 5. The summed E-state index contributed by atoms with van der Waals surface area (Å²) in [7, 11) is 0. The number of benzene rings is 3. The van der Waals surface area contributed by atoms with Crippen molar-refractivity contribution in [1.29, 1.82) is 0 Å². The van der Waals surface area contributed by atoms with Crippen LogP contribution < -0.4 is 20.1 Å². The molecule has 1 aromatic heterocycles. The minimum Gasteiger partial charge on any atom is -0.454 e. The summed E-state index contributed by atoms with van der Waals surface area (Å²) in [6.07, 6.45) is 7.16. The van der Waals surface area contributed by atoms with Crippen molar-refractivity contribution >= 4 is 22.7 Å². The van der Waals surface area contributed by atoms with Gasteiger partial charge >= 0.3 is 0 Å². The van der Waals surface area contributed by atoms with Crippen LogP contribution in [-0.2, 0) is 28.9 Å². The first kappa shape index (κ1) is 29.8. The molecule has 1 unspecified atom stereocenters. The van der Waals surface area contributed by atoms with Crippen molar-refractivity contribution in [3.63, 3.8) is 0 Å². The Morgan fingerprint density at radius 1 is 0.932 bits per heavy atom. The topological polar surface area (TPSA) is 95.7 Å². The lowest BCUT2D eigenvalue weighted by Crippen LogP contribution is -2.54. The standard InChI is InChI=1S/C36H42N4O4/c1-25(11-12-27-13-15-33-34(21-27)44-24-43-33)38-29-17-19-40(20-18-29)36(42)32(22-28-23-37-31-10-6-5-9-30(28)31)39-35(41)16-14-26-7-3-2-4-8-26/h2-10,13,15,21,23,25,29,32,37-38H,11-12,14,16-20,22,24H2,1H3,(H,39,41)/t25?,32-/m1/s1. The zero-order valence-corrected chi connectivity index (χ0v) is 25.4. The van der Waals surface area contributed by atoms with E-state index in [1.165, 1.54) is 5.56 Å². The van der Waals surface area contributed by atoms with Gasteiger partial charge in [-0.05, 0) is 73.9 Å². The molecule has 2 amide bonds. The Morgan fingerprint density at radius 2 is 1.70 bits per heavy atom. The van der Waals surface area contributed by atoms with Crippen molar-refractivity contribution in [3.8, 4) is 11.5 Å². The van der Waals surface area contributed by atoms with E-state index in [4.69, 9.17) is 9.47 Å². The van der Waals surface area contributed by atoms with Gasteiger partial charge in [0.2, 0.25) is 18.6 Å². The number of H-pyrrole nitrogens is 1. The molecule has 0 aliphatic carbocycles. The summed E-state index contributed by atoms with van der Waals surface area (Å²) in [6.45, 7) is 3.88. The number of nitrogens with one attached hydrogen (secondary N) is 3. The third kappa shape index (κ3) is 7.42. The molecule has 4 aromatic rings. The fourth-order valence-electron chi connectivity index (χ4n) is 6.34. The summed E-state index contributed by atoms with van der Waals surface area (Å²) < 4.78 is 10.9. The molecule has 3 heterocycles. The first-order chi connectivity index (χ1) is 21.5. The number of amides is 2. The number of aromatic amines is 1. The first-order valence-corrected chi connectivity index (χ1v) is 15.8. The maximum absolute atomic E-state index is 13.9. The third-order valence-electron chi connectivity index (χ3n) is 8.85. The fraction of sp³-hybridized carbons (Fsp3) is 0.389. The number of hydrogen-bond donors (Lipinski definition) is 3.